The Morgan fingerprint density at radius 1 is 1.32 bits per heavy atom. The molecule has 4 nitrogen and oxygen atoms in total. The van der Waals surface area contributed by atoms with Crippen molar-refractivity contribution in [1.82, 2.24) is 4.31 Å². The van der Waals surface area contributed by atoms with Crippen molar-refractivity contribution in [3.8, 4) is 0 Å². The molecule has 0 saturated heterocycles. The van der Waals surface area contributed by atoms with E-state index in [-0.39, 0.29) is 6.04 Å². The van der Waals surface area contributed by atoms with Gasteiger partial charge >= 0.3 is 0 Å². The first-order valence-electron chi connectivity index (χ1n) is 6.76. The smallest absolute Gasteiger partial charge is 0.243 e. The van der Waals surface area contributed by atoms with Gasteiger partial charge in [-0.2, -0.15) is 4.31 Å². The molecule has 1 aliphatic rings. The lowest BCUT2D eigenvalue weighted by Crippen LogP contribution is -2.46. The Labute approximate surface area is 115 Å². The lowest BCUT2D eigenvalue weighted by molar-refractivity contribution is 0.223. The summed E-state index contributed by atoms with van der Waals surface area (Å²) in [6, 6.07) is 5.60. The van der Waals surface area contributed by atoms with Crippen LogP contribution in [0.5, 0.6) is 0 Å². The zero-order valence-corrected chi connectivity index (χ0v) is 12.4. The van der Waals surface area contributed by atoms with Crippen molar-refractivity contribution in [3.63, 3.8) is 0 Å². The molecule has 2 rings (SSSR count). The topological polar surface area (TPSA) is 63.4 Å². The first-order valence-corrected chi connectivity index (χ1v) is 8.20. The first-order chi connectivity index (χ1) is 8.96. The minimum atomic E-state index is -3.42. The van der Waals surface area contributed by atoms with Gasteiger partial charge in [0.05, 0.1) is 4.90 Å². The maximum atomic E-state index is 12.8. The number of rotatable bonds is 5. The minimum Gasteiger partial charge on any atom is -0.329 e. The molecule has 0 atom stereocenters. The molecule has 2 N–H and O–H groups in total. The first kappa shape index (κ1) is 14.5. The summed E-state index contributed by atoms with van der Waals surface area (Å²) in [5.74, 6) is 0. The highest BCUT2D eigenvalue weighted by Crippen LogP contribution is 2.30. The number of benzene rings is 1. The average molecular weight is 282 g/mol. The molecule has 0 amide bonds. The molecule has 0 bridgehead atoms. The fourth-order valence-corrected chi connectivity index (χ4v) is 4.42. The maximum absolute atomic E-state index is 12.8. The Kier molecular flexibility index (Phi) is 4.28. The summed E-state index contributed by atoms with van der Waals surface area (Å²) in [5, 5.41) is 0. The quantitative estimate of drug-likeness (QED) is 0.895. The molecule has 1 fully saturated rings. The second kappa shape index (κ2) is 5.61. The second-order valence-electron chi connectivity index (χ2n) is 5.26. The summed E-state index contributed by atoms with van der Waals surface area (Å²) in [7, 11) is -3.42. The van der Waals surface area contributed by atoms with E-state index in [4.69, 9.17) is 5.73 Å². The van der Waals surface area contributed by atoms with Crippen LogP contribution in [0.25, 0.3) is 0 Å². The van der Waals surface area contributed by atoms with E-state index in [1.165, 1.54) is 0 Å². The minimum absolute atomic E-state index is 0.134. The van der Waals surface area contributed by atoms with Crippen LogP contribution in [-0.4, -0.2) is 31.9 Å². The molecular weight excluding hydrogens is 260 g/mol. The van der Waals surface area contributed by atoms with Crippen molar-refractivity contribution in [2.45, 2.75) is 44.0 Å². The Hall–Kier alpha value is -0.910. The van der Waals surface area contributed by atoms with Crippen molar-refractivity contribution >= 4 is 10.0 Å². The summed E-state index contributed by atoms with van der Waals surface area (Å²) in [4.78, 5) is 0.415. The van der Waals surface area contributed by atoms with Gasteiger partial charge in [0, 0.05) is 19.1 Å². The van der Waals surface area contributed by atoms with Crippen molar-refractivity contribution < 1.29 is 8.42 Å². The van der Waals surface area contributed by atoms with Gasteiger partial charge in [0.1, 0.15) is 0 Å². The third kappa shape index (κ3) is 2.83. The Balaban J connectivity index is 2.38. The van der Waals surface area contributed by atoms with E-state index in [1.54, 1.807) is 10.4 Å². The largest absolute Gasteiger partial charge is 0.329 e. The van der Waals surface area contributed by atoms with Crippen LogP contribution in [0, 0.1) is 13.8 Å². The lowest BCUT2D eigenvalue weighted by Gasteiger charge is -2.36. The number of nitrogens with two attached hydrogens (primary N) is 1. The van der Waals surface area contributed by atoms with E-state index in [0.717, 1.165) is 30.4 Å². The highest BCUT2D eigenvalue weighted by molar-refractivity contribution is 7.89. The van der Waals surface area contributed by atoms with E-state index < -0.39 is 10.0 Å². The van der Waals surface area contributed by atoms with Gasteiger partial charge in [-0.05, 0) is 38.3 Å². The van der Waals surface area contributed by atoms with Crippen LogP contribution in [0.3, 0.4) is 0 Å². The van der Waals surface area contributed by atoms with E-state index in [1.807, 2.05) is 26.0 Å². The van der Waals surface area contributed by atoms with Crippen molar-refractivity contribution in [3.05, 3.63) is 29.3 Å². The SMILES string of the molecule is Cc1ccc(S(=O)(=O)N(CCN)C2CCC2)c(C)c1. The van der Waals surface area contributed by atoms with Gasteiger partial charge in [-0.25, -0.2) is 8.42 Å². The van der Waals surface area contributed by atoms with Crippen LogP contribution in [0.15, 0.2) is 23.1 Å². The summed E-state index contributed by atoms with van der Waals surface area (Å²) in [6.45, 7) is 4.58. The average Bonchev–Trinajstić information content (AvgIpc) is 2.25. The van der Waals surface area contributed by atoms with Crippen molar-refractivity contribution in [2.24, 2.45) is 5.73 Å². The molecule has 106 valence electrons. The van der Waals surface area contributed by atoms with Gasteiger partial charge in [-0.1, -0.05) is 24.1 Å². The highest BCUT2D eigenvalue weighted by Gasteiger charge is 2.34. The van der Waals surface area contributed by atoms with Crippen LogP contribution < -0.4 is 5.73 Å². The molecular formula is C14H22N2O2S. The van der Waals surface area contributed by atoms with Crippen LogP contribution in [-0.2, 0) is 10.0 Å². The number of hydrogen-bond donors (Lipinski definition) is 1. The standard InChI is InChI=1S/C14H22N2O2S/c1-11-6-7-14(12(2)10-11)19(17,18)16(9-8-15)13-4-3-5-13/h6-7,10,13H,3-5,8-9,15H2,1-2H3. The third-order valence-electron chi connectivity index (χ3n) is 3.75. The molecule has 0 radical (unpaired) electrons. The van der Waals surface area contributed by atoms with E-state index in [2.05, 4.69) is 0 Å². The normalized spacial score (nSPS) is 16.6. The maximum Gasteiger partial charge on any atom is 0.243 e. The van der Waals surface area contributed by atoms with Crippen molar-refractivity contribution in [2.75, 3.05) is 13.1 Å². The Morgan fingerprint density at radius 3 is 2.47 bits per heavy atom. The van der Waals surface area contributed by atoms with Crippen LogP contribution in [0.4, 0.5) is 0 Å². The van der Waals surface area contributed by atoms with Gasteiger partial charge < -0.3 is 5.73 Å². The summed E-state index contributed by atoms with van der Waals surface area (Å²) >= 11 is 0. The third-order valence-corrected chi connectivity index (χ3v) is 5.86. The predicted molar refractivity (Wildman–Crippen MR) is 76.5 cm³/mol. The molecule has 1 aliphatic carbocycles. The zero-order valence-electron chi connectivity index (χ0n) is 11.6. The monoisotopic (exact) mass is 282 g/mol. The van der Waals surface area contributed by atoms with Crippen LogP contribution in [0.2, 0.25) is 0 Å². The van der Waals surface area contributed by atoms with Gasteiger partial charge in [0.15, 0.2) is 0 Å². The van der Waals surface area contributed by atoms with E-state index in [0.29, 0.717) is 18.0 Å². The second-order valence-corrected chi connectivity index (χ2v) is 7.12. The number of aryl methyl sites for hydroxylation is 2. The van der Waals surface area contributed by atoms with Gasteiger partial charge in [0.2, 0.25) is 10.0 Å². The molecule has 0 aliphatic heterocycles. The molecule has 5 heteroatoms. The van der Waals surface area contributed by atoms with Gasteiger partial charge in [-0.15, -0.1) is 0 Å². The Bertz CT molecular complexity index is 551. The molecule has 1 aromatic rings. The summed E-state index contributed by atoms with van der Waals surface area (Å²) < 4.78 is 27.1. The van der Waals surface area contributed by atoms with E-state index >= 15 is 0 Å². The summed E-state index contributed by atoms with van der Waals surface area (Å²) in [5.41, 5.74) is 7.46. The molecule has 0 heterocycles. The van der Waals surface area contributed by atoms with Crippen LogP contribution in [0.1, 0.15) is 30.4 Å². The fourth-order valence-electron chi connectivity index (χ4n) is 2.52. The Morgan fingerprint density at radius 2 is 2.00 bits per heavy atom. The van der Waals surface area contributed by atoms with Gasteiger partial charge in [0.25, 0.3) is 0 Å². The molecule has 1 aromatic carbocycles. The molecule has 1 saturated carbocycles. The molecule has 0 spiro atoms. The number of hydrogen-bond acceptors (Lipinski definition) is 3. The molecule has 0 aromatic heterocycles. The number of sulfonamides is 1. The van der Waals surface area contributed by atoms with Crippen molar-refractivity contribution in [1.29, 1.82) is 0 Å². The predicted octanol–water partition coefficient (Wildman–Crippen LogP) is 1.81. The zero-order chi connectivity index (χ0) is 14.0. The van der Waals surface area contributed by atoms with E-state index in [9.17, 15) is 8.42 Å². The fraction of sp³-hybridized carbons (Fsp3) is 0.571. The van der Waals surface area contributed by atoms with Crippen LogP contribution >= 0.6 is 0 Å². The van der Waals surface area contributed by atoms with Gasteiger partial charge in [-0.3, -0.25) is 0 Å². The molecule has 19 heavy (non-hydrogen) atoms. The lowest BCUT2D eigenvalue weighted by atomic mass is 9.93. The summed E-state index contributed by atoms with van der Waals surface area (Å²) in [6.07, 6.45) is 3.00. The number of nitrogens with zero attached hydrogens (tertiary/aromatic N) is 1. The molecule has 0 unspecified atom stereocenters. The highest BCUT2D eigenvalue weighted by atomic mass is 32.2.